The first-order chi connectivity index (χ1) is 7.38. The van der Waals surface area contributed by atoms with Crippen LogP contribution in [0.2, 0.25) is 0 Å². The van der Waals surface area contributed by atoms with Crippen LogP contribution in [0.3, 0.4) is 0 Å². The van der Waals surface area contributed by atoms with Gasteiger partial charge in [-0.25, -0.2) is 0 Å². The highest BCUT2D eigenvalue weighted by molar-refractivity contribution is 7.99. The summed E-state index contributed by atoms with van der Waals surface area (Å²) in [7, 11) is 2.00. The Morgan fingerprint density at radius 2 is 2.00 bits per heavy atom. The Bertz CT molecular complexity index is 273. The molecule has 84 valence electrons. The van der Waals surface area contributed by atoms with Gasteiger partial charge in [-0.05, 0) is 30.9 Å². The van der Waals surface area contributed by atoms with Gasteiger partial charge < -0.3 is 5.32 Å². The number of hydrogen-bond acceptors (Lipinski definition) is 2. The highest BCUT2D eigenvalue weighted by Crippen LogP contribution is 2.23. The van der Waals surface area contributed by atoms with Gasteiger partial charge in [0.2, 0.25) is 0 Å². The van der Waals surface area contributed by atoms with E-state index in [-0.39, 0.29) is 0 Å². The smallest absolute Gasteiger partial charge is 0.0213 e. The lowest BCUT2D eigenvalue weighted by atomic mass is 10.2. The second-order valence-corrected chi connectivity index (χ2v) is 4.83. The summed E-state index contributed by atoms with van der Waals surface area (Å²) in [5.41, 5.74) is 1.42. The van der Waals surface area contributed by atoms with E-state index in [1.807, 2.05) is 18.8 Å². The zero-order chi connectivity index (χ0) is 10.9. The van der Waals surface area contributed by atoms with Gasteiger partial charge in [-0.2, -0.15) is 0 Å². The third-order valence-corrected chi connectivity index (χ3v) is 3.55. The van der Waals surface area contributed by atoms with Crippen molar-refractivity contribution < 1.29 is 0 Å². The van der Waals surface area contributed by atoms with E-state index in [1.54, 1.807) is 0 Å². The first kappa shape index (κ1) is 12.6. The maximum atomic E-state index is 3.21. The molecule has 0 atom stereocenters. The van der Waals surface area contributed by atoms with E-state index in [0.29, 0.717) is 0 Å². The van der Waals surface area contributed by atoms with Crippen LogP contribution in [-0.4, -0.2) is 12.8 Å². The van der Waals surface area contributed by atoms with E-state index < -0.39 is 0 Å². The molecule has 0 amide bonds. The molecule has 1 rings (SSSR count). The Balaban J connectivity index is 2.44. The third-order valence-electron chi connectivity index (χ3n) is 2.35. The molecule has 0 saturated carbocycles. The summed E-state index contributed by atoms with van der Waals surface area (Å²) in [6.45, 7) is 3.22. The molecule has 0 saturated heterocycles. The van der Waals surface area contributed by atoms with E-state index in [4.69, 9.17) is 0 Å². The molecule has 0 aliphatic rings. The van der Waals surface area contributed by atoms with Gasteiger partial charge in [-0.15, -0.1) is 11.8 Å². The molecule has 1 nitrogen and oxygen atoms in total. The van der Waals surface area contributed by atoms with Crippen molar-refractivity contribution in [2.45, 2.75) is 37.6 Å². The van der Waals surface area contributed by atoms with Gasteiger partial charge in [-0.1, -0.05) is 38.0 Å². The summed E-state index contributed by atoms with van der Waals surface area (Å²) in [6.07, 6.45) is 3.98. The Kier molecular flexibility index (Phi) is 6.53. The molecule has 0 aliphatic carbocycles. The highest BCUT2D eigenvalue weighted by Gasteiger charge is 2.00. The minimum absolute atomic E-state index is 0.969. The molecule has 0 fully saturated rings. The monoisotopic (exact) mass is 223 g/mol. The van der Waals surface area contributed by atoms with Crippen LogP contribution in [0.25, 0.3) is 0 Å². The molecule has 15 heavy (non-hydrogen) atoms. The van der Waals surface area contributed by atoms with Crippen LogP contribution in [0.15, 0.2) is 29.2 Å². The van der Waals surface area contributed by atoms with Crippen molar-refractivity contribution in [1.29, 1.82) is 0 Å². The Morgan fingerprint density at radius 1 is 1.20 bits per heavy atom. The molecule has 0 aromatic heterocycles. The number of unbranched alkanes of at least 4 members (excludes halogenated alkanes) is 2. The van der Waals surface area contributed by atoms with E-state index in [1.165, 1.54) is 35.5 Å². The fourth-order valence-electron chi connectivity index (χ4n) is 1.52. The quantitative estimate of drug-likeness (QED) is 0.559. The number of benzene rings is 1. The topological polar surface area (TPSA) is 12.0 Å². The van der Waals surface area contributed by atoms with Gasteiger partial charge in [0.15, 0.2) is 0 Å². The fourth-order valence-corrected chi connectivity index (χ4v) is 2.58. The van der Waals surface area contributed by atoms with Crippen molar-refractivity contribution in [2.24, 2.45) is 0 Å². The predicted octanol–water partition coefficient (Wildman–Crippen LogP) is 3.69. The standard InChI is InChI=1S/C13H21NS/c1-3-4-7-10-15-13-9-6-5-8-12(13)11-14-2/h5-6,8-9,14H,3-4,7,10-11H2,1-2H3. The van der Waals surface area contributed by atoms with E-state index in [9.17, 15) is 0 Å². The van der Waals surface area contributed by atoms with Crippen LogP contribution in [0.4, 0.5) is 0 Å². The molecule has 1 aromatic rings. The van der Waals surface area contributed by atoms with E-state index >= 15 is 0 Å². The van der Waals surface area contributed by atoms with Crippen LogP contribution in [0, 0.1) is 0 Å². The largest absolute Gasteiger partial charge is 0.316 e. The Hall–Kier alpha value is -0.470. The van der Waals surface area contributed by atoms with Crippen LogP contribution in [0.1, 0.15) is 31.7 Å². The molecule has 0 radical (unpaired) electrons. The van der Waals surface area contributed by atoms with E-state index in [2.05, 4.69) is 36.5 Å². The minimum Gasteiger partial charge on any atom is -0.316 e. The average molecular weight is 223 g/mol. The van der Waals surface area contributed by atoms with Gasteiger partial charge in [-0.3, -0.25) is 0 Å². The van der Waals surface area contributed by atoms with Crippen LogP contribution in [0.5, 0.6) is 0 Å². The molecule has 0 bridgehead atoms. The Morgan fingerprint density at radius 3 is 2.73 bits per heavy atom. The second kappa shape index (κ2) is 7.77. The lowest BCUT2D eigenvalue weighted by Crippen LogP contribution is -2.05. The normalized spacial score (nSPS) is 10.5. The molecule has 0 spiro atoms. The molecule has 0 aliphatic heterocycles. The summed E-state index contributed by atoms with van der Waals surface area (Å²) in [4.78, 5) is 1.43. The summed E-state index contributed by atoms with van der Waals surface area (Å²) < 4.78 is 0. The molecule has 0 heterocycles. The zero-order valence-corrected chi connectivity index (χ0v) is 10.6. The minimum atomic E-state index is 0.969. The van der Waals surface area contributed by atoms with Crippen LogP contribution < -0.4 is 5.32 Å². The van der Waals surface area contributed by atoms with Crippen LogP contribution in [-0.2, 0) is 6.54 Å². The van der Waals surface area contributed by atoms with Gasteiger partial charge >= 0.3 is 0 Å². The molecular formula is C13H21NS. The highest BCUT2D eigenvalue weighted by atomic mass is 32.2. The second-order valence-electron chi connectivity index (χ2n) is 3.69. The average Bonchev–Trinajstić information content (AvgIpc) is 2.27. The third kappa shape index (κ3) is 4.72. The number of thioether (sulfide) groups is 1. The van der Waals surface area contributed by atoms with Crippen molar-refractivity contribution >= 4 is 11.8 Å². The zero-order valence-electron chi connectivity index (χ0n) is 9.75. The van der Waals surface area contributed by atoms with Crippen molar-refractivity contribution in [3.8, 4) is 0 Å². The molecule has 1 aromatic carbocycles. The SMILES string of the molecule is CCCCCSc1ccccc1CNC. The Labute approximate surface area is 97.7 Å². The number of rotatable bonds is 7. The summed E-state index contributed by atoms with van der Waals surface area (Å²) in [5.74, 6) is 1.24. The molecule has 2 heteroatoms. The summed E-state index contributed by atoms with van der Waals surface area (Å²) >= 11 is 1.99. The molecule has 1 N–H and O–H groups in total. The van der Waals surface area contributed by atoms with Crippen molar-refractivity contribution in [1.82, 2.24) is 5.32 Å². The van der Waals surface area contributed by atoms with Crippen LogP contribution >= 0.6 is 11.8 Å². The van der Waals surface area contributed by atoms with Gasteiger partial charge in [0.1, 0.15) is 0 Å². The van der Waals surface area contributed by atoms with Gasteiger partial charge in [0.05, 0.1) is 0 Å². The number of hydrogen-bond donors (Lipinski definition) is 1. The fraction of sp³-hybridized carbons (Fsp3) is 0.538. The van der Waals surface area contributed by atoms with Crippen molar-refractivity contribution in [2.75, 3.05) is 12.8 Å². The number of nitrogens with one attached hydrogen (secondary N) is 1. The van der Waals surface area contributed by atoms with Gasteiger partial charge in [0, 0.05) is 11.4 Å². The molecular weight excluding hydrogens is 202 g/mol. The lowest BCUT2D eigenvalue weighted by molar-refractivity contribution is 0.777. The van der Waals surface area contributed by atoms with Gasteiger partial charge in [0.25, 0.3) is 0 Å². The predicted molar refractivity (Wildman–Crippen MR) is 69.5 cm³/mol. The van der Waals surface area contributed by atoms with E-state index in [0.717, 1.165) is 6.54 Å². The summed E-state index contributed by atoms with van der Waals surface area (Å²) in [5, 5.41) is 3.21. The van der Waals surface area contributed by atoms with Crippen molar-refractivity contribution in [3.63, 3.8) is 0 Å². The first-order valence-electron chi connectivity index (χ1n) is 5.73. The van der Waals surface area contributed by atoms with Crippen molar-refractivity contribution in [3.05, 3.63) is 29.8 Å². The molecule has 0 unspecified atom stereocenters. The first-order valence-corrected chi connectivity index (χ1v) is 6.72. The lowest BCUT2D eigenvalue weighted by Gasteiger charge is -2.08. The summed E-state index contributed by atoms with van der Waals surface area (Å²) in [6, 6.07) is 8.67. The maximum Gasteiger partial charge on any atom is 0.0213 e. The maximum absolute atomic E-state index is 3.21.